The van der Waals surface area contributed by atoms with Crippen molar-refractivity contribution in [3.05, 3.63) is 29.3 Å². The second-order valence-corrected chi connectivity index (χ2v) is 8.44. The topological polar surface area (TPSA) is 66.5 Å². The summed E-state index contributed by atoms with van der Waals surface area (Å²) in [5.41, 5.74) is 3.46. The number of rotatable bonds is 6. The van der Waals surface area contributed by atoms with Crippen molar-refractivity contribution in [3.8, 4) is 0 Å². The molecule has 1 saturated heterocycles. The van der Waals surface area contributed by atoms with E-state index in [1.165, 1.54) is 11.1 Å². The summed E-state index contributed by atoms with van der Waals surface area (Å²) in [5, 5.41) is 3.26. The number of nitrogens with zero attached hydrogens (tertiary/aromatic N) is 1. The number of hydrogen-bond donors (Lipinski definition) is 1. The molecule has 1 unspecified atom stereocenters. The van der Waals surface area contributed by atoms with Gasteiger partial charge in [0.15, 0.2) is 9.84 Å². The van der Waals surface area contributed by atoms with E-state index in [1.807, 2.05) is 13.0 Å². The largest absolute Gasteiger partial charge is 0.385 e. The summed E-state index contributed by atoms with van der Waals surface area (Å²) >= 11 is 0. The molecular weight excluding hydrogens is 312 g/mol. The highest BCUT2D eigenvalue weighted by molar-refractivity contribution is 7.91. The first-order valence-electron chi connectivity index (χ1n) is 8.13. The van der Waals surface area contributed by atoms with E-state index >= 15 is 0 Å². The van der Waals surface area contributed by atoms with E-state index in [0.717, 1.165) is 5.69 Å². The fourth-order valence-corrected chi connectivity index (χ4v) is 4.70. The minimum absolute atomic E-state index is 0.0194. The van der Waals surface area contributed by atoms with Crippen LogP contribution in [0, 0.1) is 13.8 Å². The van der Waals surface area contributed by atoms with Crippen molar-refractivity contribution < 1.29 is 13.2 Å². The third-order valence-corrected chi connectivity index (χ3v) is 6.24. The summed E-state index contributed by atoms with van der Waals surface area (Å²) in [6.07, 6.45) is 0.934. The average molecular weight is 338 g/mol. The van der Waals surface area contributed by atoms with Crippen molar-refractivity contribution in [3.63, 3.8) is 0 Å². The lowest BCUT2D eigenvalue weighted by atomic mass is 10.1. The molecular formula is C17H26N2O3S. The highest BCUT2D eigenvalue weighted by atomic mass is 32.2. The van der Waals surface area contributed by atoms with Crippen LogP contribution in [-0.2, 0) is 14.6 Å². The average Bonchev–Trinajstić information content (AvgIpc) is 2.83. The van der Waals surface area contributed by atoms with E-state index in [9.17, 15) is 13.2 Å². The SMILES string of the molecule is CCN(C(=O)CCNc1ccc(C)c(C)c1)C1CCS(=O)(=O)C1. The Morgan fingerprint density at radius 2 is 2.04 bits per heavy atom. The lowest BCUT2D eigenvalue weighted by Gasteiger charge is -2.27. The highest BCUT2D eigenvalue weighted by Gasteiger charge is 2.33. The molecule has 0 saturated carbocycles. The molecule has 23 heavy (non-hydrogen) atoms. The van der Waals surface area contributed by atoms with Crippen LogP contribution in [0.1, 0.15) is 30.9 Å². The normalized spacial score (nSPS) is 19.5. The molecule has 5 nitrogen and oxygen atoms in total. The van der Waals surface area contributed by atoms with Gasteiger partial charge in [-0.2, -0.15) is 0 Å². The maximum absolute atomic E-state index is 12.4. The molecule has 1 aromatic rings. The maximum atomic E-state index is 12.4. The lowest BCUT2D eigenvalue weighted by molar-refractivity contribution is -0.132. The van der Waals surface area contributed by atoms with Gasteiger partial charge in [-0.15, -0.1) is 0 Å². The zero-order valence-electron chi connectivity index (χ0n) is 14.1. The predicted molar refractivity (Wildman–Crippen MR) is 93.5 cm³/mol. The number of aryl methyl sites for hydroxylation is 2. The third kappa shape index (κ3) is 4.70. The molecule has 1 amide bonds. The molecule has 1 aromatic carbocycles. The standard InChI is InChI=1S/C17H26N2O3S/c1-4-19(16-8-10-23(21,22)12-16)17(20)7-9-18-15-6-5-13(2)14(3)11-15/h5-6,11,16,18H,4,7-10,12H2,1-3H3. The van der Waals surface area contributed by atoms with Gasteiger partial charge < -0.3 is 10.2 Å². The first-order valence-corrected chi connectivity index (χ1v) is 9.95. The number of carbonyl (C=O) groups excluding carboxylic acids is 1. The smallest absolute Gasteiger partial charge is 0.224 e. The van der Waals surface area contributed by atoms with Gasteiger partial charge in [0.25, 0.3) is 0 Å². The summed E-state index contributed by atoms with van der Waals surface area (Å²) in [7, 11) is -2.97. The molecule has 1 atom stereocenters. The van der Waals surface area contributed by atoms with Gasteiger partial charge in [0.1, 0.15) is 0 Å². The van der Waals surface area contributed by atoms with E-state index in [4.69, 9.17) is 0 Å². The number of carbonyl (C=O) groups is 1. The van der Waals surface area contributed by atoms with Crippen LogP contribution >= 0.6 is 0 Å². The first-order chi connectivity index (χ1) is 10.8. The van der Waals surface area contributed by atoms with E-state index in [1.54, 1.807) is 4.90 Å². The van der Waals surface area contributed by atoms with Gasteiger partial charge in [0.2, 0.25) is 5.91 Å². The number of nitrogens with one attached hydrogen (secondary N) is 1. The minimum Gasteiger partial charge on any atom is -0.385 e. The molecule has 0 aliphatic carbocycles. The zero-order chi connectivity index (χ0) is 17.0. The summed E-state index contributed by atoms with van der Waals surface area (Å²) in [6, 6.07) is 5.98. The Labute approximate surface area is 139 Å². The second-order valence-electron chi connectivity index (χ2n) is 6.21. The van der Waals surface area contributed by atoms with Crippen molar-refractivity contribution in [2.45, 2.75) is 39.7 Å². The number of anilines is 1. The molecule has 128 valence electrons. The molecule has 6 heteroatoms. The summed E-state index contributed by atoms with van der Waals surface area (Å²) in [6.45, 7) is 7.14. The van der Waals surface area contributed by atoms with Gasteiger partial charge in [0.05, 0.1) is 11.5 Å². The molecule has 0 bridgehead atoms. The van der Waals surface area contributed by atoms with E-state index in [-0.39, 0.29) is 23.5 Å². The van der Waals surface area contributed by atoms with Gasteiger partial charge >= 0.3 is 0 Å². The Hall–Kier alpha value is -1.56. The number of amides is 1. The first kappa shape index (κ1) is 17.8. The monoisotopic (exact) mass is 338 g/mol. The summed E-state index contributed by atoms with van der Waals surface area (Å²) in [4.78, 5) is 14.1. The Morgan fingerprint density at radius 1 is 1.30 bits per heavy atom. The van der Waals surface area contributed by atoms with Crippen LogP contribution < -0.4 is 5.32 Å². The van der Waals surface area contributed by atoms with Crippen molar-refractivity contribution in [2.24, 2.45) is 0 Å². The van der Waals surface area contributed by atoms with Gasteiger partial charge in [-0.05, 0) is 50.5 Å². The molecule has 1 heterocycles. The molecule has 0 spiro atoms. The Morgan fingerprint density at radius 3 is 2.61 bits per heavy atom. The Bertz CT molecular complexity index is 670. The molecule has 1 aliphatic rings. The minimum atomic E-state index is -2.97. The maximum Gasteiger partial charge on any atom is 0.224 e. The van der Waals surface area contributed by atoms with Crippen LogP contribution in [0.4, 0.5) is 5.69 Å². The van der Waals surface area contributed by atoms with Gasteiger partial charge in [-0.1, -0.05) is 6.07 Å². The van der Waals surface area contributed by atoms with Gasteiger partial charge in [-0.25, -0.2) is 8.42 Å². The van der Waals surface area contributed by atoms with Crippen LogP contribution in [0.2, 0.25) is 0 Å². The van der Waals surface area contributed by atoms with Crippen LogP contribution in [-0.4, -0.2) is 49.9 Å². The van der Waals surface area contributed by atoms with Crippen molar-refractivity contribution in [1.29, 1.82) is 0 Å². The van der Waals surface area contributed by atoms with Crippen LogP contribution in [0.15, 0.2) is 18.2 Å². The van der Waals surface area contributed by atoms with Crippen molar-refractivity contribution in [2.75, 3.05) is 29.9 Å². The zero-order valence-corrected chi connectivity index (χ0v) is 14.9. The highest BCUT2D eigenvalue weighted by Crippen LogP contribution is 2.19. The third-order valence-electron chi connectivity index (χ3n) is 4.49. The molecule has 0 aromatic heterocycles. The number of benzene rings is 1. The van der Waals surface area contributed by atoms with Crippen molar-refractivity contribution >= 4 is 21.4 Å². The fraction of sp³-hybridized carbons (Fsp3) is 0.588. The van der Waals surface area contributed by atoms with Crippen LogP contribution in [0.3, 0.4) is 0 Å². The van der Waals surface area contributed by atoms with E-state index in [0.29, 0.717) is 25.9 Å². The van der Waals surface area contributed by atoms with E-state index in [2.05, 4.69) is 31.3 Å². The Balaban J connectivity index is 1.86. The quantitative estimate of drug-likeness (QED) is 0.863. The molecule has 0 radical (unpaired) electrons. The van der Waals surface area contributed by atoms with Crippen LogP contribution in [0.25, 0.3) is 0 Å². The van der Waals surface area contributed by atoms with Gasteiger partial charge in [-0.3, -0.25) is 4.79 Å². The summed E-state index contributed by atoms with van der Waals surface area (Å²) < 4.78 is 23.2. The van der Waals surface area contributed by atoms with Crippen LogP contribution in [0.5, 0.6) is 0 Å². The summed E-state index contributed by atoms with van der Waals surface area (Å²) in [5.74, 6) is 0.324. The number of sulfone groups is 1. The Kier molecular flexibility index (Phi) is 5.68. The number of hydrogen-bond acceptors (Lipinski definition) is 4. The molecule has 2 rings (SSSR count). The second kappa shape index (κ2) is 7.34. The molecule has 1 N–H and O–H groups in total. The van der Waals surface area contributed by atoms with Crippen molar-refractivity contribution in [1.82, 2.24) is 4.90 Å². The van der Waals surface area contributed by atoms with E-state index < -0.39 is 9.84 Å². The molecule has 1 fully saturated rings. The molecule has 1 aliphatic heterocycles. The lowest BCUT2D eigenvalue weighted by Crippen LogP contribution is -2.41. The fourth-order valence-electron chi connectivity index (χ4n) is 2.97. The van der Waals surface area contributed by atoms with Gasteiger partial charge in [0, 0.05) is 31.2 Å². The predicted octanol–water partition coefficient (Wildman–Crippen LogP) is 2.14.